The standard InChI is InChI=1S/C13H17N3O3S/c1-3-4-8(17)5-14-11-9-7(2)10(13(18)19)20-12(9)16-6-15-11/h6,8,17H,3-5H2,1-2H3,(H,18,19)(H,14,15,16). The Labute approximate surface area is 120 Å². The lowest BCUT2D eigenvalue weighted by Gasteiger charge is -2.11. The SMILES string of the molecule is CCCC(O)CNc1ncnc2sc(C(=O)O)c(C)c12. The lowest BCUT2D eigenvalue weighted by Crippen LogP contribution is -2.19. The molecule has 0 spiro atoms. The Morgan fingerprint density at radius 1 is 1.50 bits per heavy atom. The maximum absolute atomic E-state index is 11.2. The van der Waals surface area contributed by atoms with E-state index in [0.29, 0.717) is 29.2 Å². The summed E-state index contributed by atoms with van der Waals surface area (Å²) in [6.07, 6.45) is 2.58. The second kappa shape index (κ2) is 6.15. The molecule has 0 saturated carbocycles. The van der Waals surface area contributed by atoms with Crippen molar-refractivity contribution in [3.63, 3.8) is 0 Å². The average Bonchev–Trinajstić information content (AvgIpc) is 2.75. The summed E-state index contributed by atoms with van der Waals surface area (Å²) in [5, 5.41) is 22.7. The summed E-state index contributed by atoms with van der Waals surface area (Å²) in [6.45, 7) is 4.14. The number of nitrogens with one attached hydrogen (secondary N) is 1. The van der Waals surface area contributed by atoms with Crippen molar-refractivity contribution in [2.45, 2.75) is 32.8 Å². The first-order valence-corrected chi connectivity index (χ1v) is 7.25. The molecule has 0 aliphatic carbocycles. The van der Waals surface area contributed by atoms with Crippen LogP contribution in [0.5, 0.6) is 0 Å². The molecule has 0 aliphatic heterocycles. The molecule has 0 bridgehead atoms. The molecule has 2 rings (SSSR count). The van der Waals surface area contributed by atoms with Gasteiger partial charge in [-0.3, -0.25) is 0 Å². The highest BCUT2D eigenvalue weighted by Crippen LogP contribution is 2.33. The maximum Gasteiger partial charge on any atom is 0.346 e. The van der Waals surface area contributed by atoms with Gasteiger partial charge in [-0.25, -0.2) is 14.8 Å². The molecule has 1 atom stereocenters. The van der Waals surface area contributed by atoms with Gasteiger partial charge in [0.25, 0.3) is 0 Å². The zero-order valence-electron chi connectivity index (χ0n) is 11.4. The van der Waals surface area contributed by atoms with Gasteiger partial charge in [0.15, 0.2) is 0 Å². The van der Waals surface area contributed by atoms with E-state index in [2.05, 4.69) is 15.3 Å². The van der Waals surface area contributed by atoms with Gasteiger partial charge in [0, 0.05) is 6.54 Å². The highest BCUT2D eigenvalue weighted by Gasteiger charge is 2.18. The van der Waals surface area contributed by atoms with E-state index in [1.54, 1.807) is 6.92 Å². The first-order valence-electron chi connectivity index (χ1n) is 6.43. The molecule has 6 nitrogen and oxygen atoms in total. The summed E-state index contributed by atoms with van der Waals surface area (Å²) in [7, 11) is 0. The highest BCUT2D eigenvalue weighted by molar-refractivity contribution is 7.20. The number of aliphatic hydroxyl groups excluding tert-OH is 1. The summed E-state index contributed by atoms with van der Waals surface area (Å²) in [5.41, 5.74) is 0.658. The molecule has 2 aromatic rings. The molecule has 20 heavy (non-hydrogen) atoms. The van der Waals surface area contributed by atoms with Crippen molar-refractivity contribution in [3.8, 4) is 0 Å². The molecule has 0 aliphatic rings. The van der Waals surface area contributed by atoms with Crippen molar-refractivity contribution in [1.29, 1.82) is 0 Å². The minimum atomic E-state index is -0.956. The maximum atomic E-state index is 11.2. The normalized spacial score (nSPS) is 12.6. The molecule has 108 valence electrons. The number of thiophene rings is 1. The number of hydrogen-bond acceptors (Lipinski definition) is 6. The summed E-state index contributed by atoms with van der Waals surface area (Å²) < 4.78 is 0. The van der Waals surface area contributed by atoms with Gasteiger partial charge in [-0.1, -0.05) is 13.3 Å². The molecule has 0 amide bonds. The quantitative estimate of drug-likeness (QED) is 0.756. The van der Waals surface area contributed by atoms with Crippen molar-refractivity contribution in [1.82, 2.24) is 9.97 Å². The monoisotopic (exact) mass is 295 g/mol. The number of rotatable bonds is 6. The Morgan fingerprint density at radius 2 is 2.25 bits per heavy atom. The largest absolute Gasteiger partial charge is 0.477 e. The van der Waals surface area contributed by atoms with Crippen LogP contribution in [0.25, 0.3) is 10.2 Å². The molecule has 0 aromatic carbocycles. The Balaban J connectivity index is 2.32. The topological polar surface area (TPSA) is 95.3 Å². The first kappa shape index (κ1) is 14.7. The summed E-state index contributed by atoms with van der Waals surface area (Å²) in [4.78, 5) is 20.3. The van der Waals surface area contributed by atoms with Crippen LogP contribution in [0.4, 0.5) is 5.82 Å². The highest BCUT2D eigenvalue weighted by atomic mass is 32.1. The molecular formula is C13H17N3O3S. The van der Waals surface area contributed by atoms with Crippen molar-refractivity contribution >= 4 is 33.3 Å². The molecule has 3 N–H and O–H groups in total. The summed E-state index contributed by atoms with van der Waals surface area (Å²) >= 11 is 1.14. The predicted octanol–water partition coefficient (Wildman–Crippen LogP) is 2.27. The molecule has 7 heteroatoms. The average molecular weight is 295 g/mol. The number of aryl methyl sites for hydroxylation is 1. The van der Waals surface area contributed by atoms with E-state index in [4.69, 9.17) is 5.11 Å². The lowest BCUT2D eigenvalue weighted by molar-refractivity contribution is 0.0701. The van der Waals surface area contributed by atoms with Crippen LogP contribution >= 0.6 is 11.3 Å². The number of aromatic carboxylic acids is 1. The Kier molecular flexibility index (Phi) is 4.51. The van der Waals surface area contributed by atoms with Gasteiger partial charge >= 0.3 is 5.97 Å². The smallest absolute Gasteiger partial charge is 0.346 e. The van der Waals surface area contributed by atoms with Crippen LogP contribution < -0.4 is 5.32 Å². The van der Waals surface area contributed by atoms with Gasteiger partial charge < -0.3 is 15.5 Å². The van der Waals surface area contributed by atoms with E-state index in [9.17, 15) is 9.90 Å². The number of anilines is 1. The Hall–Kier alpha value is -1.73. The number of hydrogen-bond donors (Lipinski definition) is 3. The number of fused-ring (bicyclic) bond motifs is 1. The fourth-order valence-corrected chi connectivity index (χ4v) is 3.05. The third kappa shape index (κ3) is 2.88. The van der Waals surface area contributed by atoms with E-state index >= 15 is 0 Å². The van der Waals surface area contributed by atoms with Gasteiger partial charge in [-0.2, -0.15) is 0 Å². The number of carboxylic acids is 1. The van der Waals surface area contributed by atoms with E-state index in [-0.39, 0.29) is 4.88 Å². The van der Waals surface area contributed by atoms with Crippen molar-refractivity contribution in [3.05, 3.63) is 16.8 Å². The third-order valence-electron chi connectivity index (χ3n) is 3.05. The van der Waals surface area contributed by atoms with Crippen LogP contribution in [-0.4, -0.2) is 38.8 Å². The van der Waals surface area contributed by atoms with Gasteiger partial charge in [0.2, 0.25) is 0 Å². The van der Waals surface area contributed by atoms with Crippen molar-refractivity contribution in [2.24, 2.45) is 0 Å². The van der Waals surface area contributed by atoms with E-state index in [1.807, 2.05) is 6.92 Å². The van der Waals surface area contributed by atoms with Crippen LogP contribution in [0.15, 0.2) is 6.33 Å². The number of aromatic nitrogens is 2. The van der Waals surface area contributed by atoms with Crippen LogP contribution in [-0.2, 0) is 0 Å². The van der Waals surface area contributed by atoms with Gasteiger partial charge in [0.1, 0.15) is 21.9 Å². The third-order valence-corrected chi connectivity index (χ3v) is 4.24. The molecule has 0 radical (unpaired) electrons. The molecule has 1 unspecified atom stereocenters. The lowest BCUT2D eigenvalue weighted by atomic mass is 10.2. The van der Waals surface area contributed by atoms with Crippen LogP contribution in [0, 0.1) is 6.92 Å². The van der Waals surface area contributed by atoms with E-state index in [1.165, 1.54) is 6.33 Å². The second-order valence-corrected chi connectivity index (χ2v) is 5.59. The zero-order chi connectivity index (χ0) is 14.7. The van der Waals surface area contributed by atoms with Crippen molar-refractivity contribution in [2.75, 3.05) is 11.9 Å². The summed E-state index contributed by atoms with van der Waals surface area (Å²) in [5.74, 6) is -0.381. The van der Waals surface area contributed by atoms with Crippen molar-refractivity contribution < 1.29 is 15.0 Å². The van der Waals surface area contributed by atoms with Gasteiger partial charge in [0.05, 0.1) is 11.5 Å². The number of carboxylic acid groups (broad SMARTS) is 1. The molecule has 2 heterocycles. The minimum absolute atomic E-state index is 0.276. The fraction of sp³-hybridized carbons (Fsp3) is 0.462. The number of carbonyl (C=O) groups is 1. The number of nitrogens with zero attached hydrogens (tertiary/aromatic N) is 2. The Morgan fingerprint density at radius 3 is 2.90 bits per heavy atom. The molecule has 0 saturated heterocycles. The first-order chi connectivity index (χ1) is 9.54. The summed E-state index contributed by atoms with van der Waals surface area (Å²) in [6, 6.07) is 0. The van der Waals surface area contributed by atoms with Crippen LogP contribution in [0.3, 0.4) is 0 Å². The molecular weight excluding hydrogens is 278 g/mol. The van der Waals surface area contributed by atoms with Crippen LogP contribution in [0.2, 0.25) is 0 Å². The van der Waals surface area contributed by atoms with Crippen LogP contribution in [0.1, 0.15) is 35.0 Å². The van der Waals surface area contributed by atoms with Gasteiger partial charge in [-0.15, -0.1) is 11.3 Å². The Bertz CT molecular complexity index is 627. The van der Waals surface area contributed by atoms with Gasteiger partial charge in [-0.05, 0) is 18.9 Å². The predicted molar refractivity (Wildman–Crippen MR) is 78.5 cm³/mol. The second-order valence-electron chi connectivity index (χ2n) is 4.59. The number of aliphatic hydroxyl groups is 1. The molecule has 0 fully saturated rings. The van der Waals surface area contributed by atoms with E-state index < -0.39 is 12.1 Å². The fourth-order valence-electron chi connectivity index (χ4n) is 2.06. The minimum Gasteiger partial charge on any atom is -0.477 e. The zero-order valence-corrected chi connectivity index (χ0v) is 12.2. The van der Waals surface area contributed by atoms with E-state index in [0.717, 1.165) is 23.1 Å². The molecule has 2 aromatic heterocycles.